The molecule has 2 fully saturated rings. The van der Waals surface area contributed by atoms with Crippen molar-refractivity contribution in [2.45, 2.75) is 19.6 Å². The van der Waals surface area contributed by atoms with E-state index in [1.54, 1.807) is 30.3 Å². The maximum absolute atomic E-state index is 11.7. The fourth-order valence-corrected chi connectivity index (χ4v) is 4.10. The third-order valence-corrected chi connectivity index (χ3v) is 5.57. The standard InChI is InChI=1S/C15H24N4O2S/c1-10-14(22-9-17-10)7-19-5-12-11(8-21-13(12)6-19)4-16-15(20)18(2)3/h9,11-13H,4-8H2,1-3H3,(H,16,20)/t11-,12-,13-/m1/s1. The van der Waals surface area contributed by atoms with Gasteiger partial charge in [-0.1, -0.05) is 0 Å². The minimum absolute atomic E-state index is 0.0291. The van der Waals surface area contributed by atoms with E-state index in [0.29, 0.717) is 24.5 Å². The number of hydrogen-bond acceptors (Lipinski definition) is 5. The van der Waals surface area contributed by atoms with Gasteiger partial charge in [0.15, 0.2) is 0 Å². The predicted molar refractivity (Wildman–Crippen MR) is 85.9 cm³/mol. The van der Waals surface area contributed by atoms with Gasteiger partial charge < -0.3 is 15.0 Å². The number of ether oxygens (including phenoxy) is 1. The van der Waals surface area contributed by atoms with Crippen molar-refractivity contribution in [2.75, 3.05) is 40.3 Å². The first-order valence-electron chi connectivity index (χ1n) is 7.72. The Labute approximate surface area is 135 Å². The van der Waals surface area contributed by atoms with Crippen LogP contribution in [0.5, 0.6) is 0 Å². The van der Waals surface area contributed by atoms with E-state index >= 15 is 0 Å². The average molecular weight is 324 g/mol. The van der Waals surface area contributed by atoms with Gasteiger partial charge in [-0.15, -0.1) is 11.3 Å². The third kappa shape index (κ3) is 3.26. The van der Waals surface area contributed by atoms with Crippen LogP contribution in [-0.2, 0) is 11.3 Å². The lowest BCUT2D eigenvalue weighted by Gasteiger charge is -2.20. The summed E-state index contributed by atoms with van der Waals surface area (Å²) in [7, 11) is 3.52. The molecule has 122 valence electrons. The fourth-order valence-electron chi connectivity index (χ4n) is 3.28. The topological polar surface area (TPSA) is 57.7 Å². The Kier molecular flexibility index (Phi) is 4.65. The van der Waals surface area contributed by atoms with Gasteiger partial charge in [-0.25, -0.2) is 9.78 Å². The lowest BCUT2D eigenvalue weighted by Crippen LogP contribution is -2.39. The zero-order chi connectivity index (χ0) is 15.7. The molecule has 3 rings (SSSR count). The molecule has 22 heavy (non-hydrogen) atoms. The number of likely N-dealkylation sites (tertiary alicyclic amines) is 1. The highest BCUT2D eigenvalue weighted by Crippen LogP contribution is 2.34. The first kappa shape index (κ1) is 15.7. The number of carbonyl (C=O) groups is 1. The van der Waals surface area contributed by atoms with Crippen molar-refractivity contribution >= 4 is 17.4 Å². The van der Waals surface area contributed by atoms with E-state index in [4.69, 9.17) is 4.74 Å². The second-order valence-electron chi connectivity index (χ2n) is 6.43. The van der Waals surface area contributed by atoms with Crippen molar-refractivity contribution in [2.24, 2.45) is 11.8 Å². The summed E-state index contributed by atoms with van der Waals surface area (Å²) >= 11 is 1.73. The van der Waals surface area contributed by atoms with Gasteiger partial charge in [0.05, 0.1) is 23.9 Å². The summed E-state index contributed by atoms with van der Waals surface area (Å²) in [6.07, 6.45) is 0.314. The van der Waals surface area contributed by atoms with Crippen molar-refractivity contribution in [3.05, 3.63) is 16.1 Å². The summed E-state index contributed by atoms with van der Waals surface area (Å²) in [4.78, 5) is 21.4. The normalized spacial score (nSPS) is 27.9. The van der Waals surface area contributed by atoms with E-state index < -0.39 is 0 Å². The number of nitrogens with zero attached hydrogens (tertiary/aromatic N) is 3. The van der Waals surface area contributed by atoms with Crippen LogP contribution in [0.2, 0.25) is 0 Å². The van der Waals surface area contributed by atoms with E-state index in [9.17, 15) is 4.79 Å². The Morgan fingerprint density at radius 2 is 2.36 bits per heavy atom. The minimum Gasteiger partial charge on any atom is -0.376 e. The van der Waals surface area contributed by atoms with Gasteiger partial charge in [0.25, 0.3) is 0 Å². The number of aryl methyl sites for hydroxylation is 1. The fraction of sp³-hybridized carbons (Fsp3) is 0.733. The predicted octanol–water partition coefficient (Wildman–Crippen LogP) is 1.17. The van der Waals surface area contributed by atoms with Crippen molar-refractivity contribution < 1.29 is 9.53 Å². The van der Waals surface area contributed by atoms with Gasteiger partial charge in [-0.05, 0) is 6.92 Å². The monoisotopic (exact) mass is 324 g/mol. The van der Waals surface area contributed by atoms with E-state index in [1.807, 2.05) is 5.51 Å². The summed E-state index contributed by atoms with van der Waals surface area (Å²) in [5.74, 6) is 0.942. The highest BCUT2D eigenvalue weighted by Gasteiger charge is 2.43. The number of thiazole rings is 1. The van der Waals surface area contributed by atoms with Gasteiger partial charge >= 0.3 is 6.03 Å². The molecule has 0 aliphatic carbocycles. The number of carbonyl (C=O) groups excluding carboxylic acids is 1. The van der Waals surface area contributed by atoms with E-state index in [-0.39, 0.29) is 6.03 Å². The molecule has 2 amide bonds. The highest BCUT2D eigenvalue weighted by atomic mass is 32.1. The number of amides is 2. The number of rotatable bonds is 4. The van der Waals surface area contributed by atoms with Gasteiger partial charge in [0.1, 0.15) is 0 Å². The van der Waals surface area contributed by atoms with Crippen LogP contribution in [0, 0.1) is 18.8 Å². The molecular weight excluding hydrogens is 300 g/mol. The molecule has 0 aromatic carbocycles. The molecule has 2 aliphatic rings. The molecule has 6 nitrogen and oxygen atoms in total. The molecule has 1 aromatic rings. The Morgan fingerprint density at radius 1 is 1.55 bits per heavy atom. The zero-order valence-electron chi connectivity index (χ0n) is 13.4. The summed E-state index contributed by atoms with van der Waals surface area (Å²) in [5, 5.41) is 2.99. The van der Waals surface area contributed by atoms with Crippen LogP contribution >= 0.6 is 11.3 Å². The van der Waals surface area contributed by atoms with Crippen LogP contribution in [0.1, 0.15) is 10.6 Å². The lowest BCUT2D eigenvalue weighted by molar-refractivity contribution is 0.0941. The number of fused-ring (bicyclic) bond motifs is 1. The second kappa shape index (κ2) is 6.52. The van der Waals surface area contributed by atoms with Crippen molar-refractivity contribution in [3.8, 4) is 0 Å². The maximum atomic E-state index is 11.7. The minimum atomic E-state index is -0.0291. The van der Waals surface area contributed by atoms with Crippen molar-refractivity contribution in [3.63, 3.8) is 0 Å². The molecule has 1 aromatic heterocycles. The maximum Gasteiger partial charge on any atom is 0.316 e. The van der Waals surface area contributed by atoms with Gasteiger partial charge in [-0.2, -0.15) is 0 Å². The van der Waals surface area contributed by atoms with Crippen LogP contribution in [0.25, 0.3) is 0 Å². The SMILES string of the molecule is Cc1ncsc1CN1C[C@@H]2[C@H](CNC(=O)N(C)C)CO[C@@H]2C1. The molecule has 0 saturated carbocycles. The van der Waals surface area contributed by atoms with Crippen molar-refractivity contribution in [1.82, 2.24) is 20.1 Å². The Hall–Kier alpha value is -1.18. The third-order valence-electron chi connectivity index (χ3n) is 4.65. The zero-order valence-corrected chi connectivity index (χ0v) is 14.2. The molecule has 2 saturated heterocycles. The quantitative estimate of drug-likeness (QED) is 0.903. The largest absolute Gasteiger partial charge is 0.376 e. The summed E-state index contributed by atoms with van der Waals surface area (Å²) in [5.41, 5.74) is 3.05. The highest BCUT2D eigenvalue weighted by molar-refractivity contribution is 7.09. The molecule has 2 aliphatic heterocycles. The van der Waals surface area contributed by atoms with E-state index in [2.05, 4.69) is 22.1 Å². The van der Waals surface area contributed by atoms with E-state index in [0.717, 1.165) is 31.9 Å². The summed E-state index contributed by atoms with van der Waals surface area (Å²) < 4.78 is 5.94. The smallest absolute Gasteiger partial charge is 0.316 e. The van der Waals surface area contributed by atoms with Crippen LogP contribution in [0.3, 0.4) is 0 Å². The van der Waals surface area contributed by atoms with Crippen molar-refractivity contribution in [1.29, 1.82) is 0 Å². The first-order valence-corrected chi connectivity index (χ1v) is 8.60. The average Bonchev–Trinajstić information content (AvgIpc) is 3.14. The molecule has 3 heterocycles. The first-order chi connectivity index (χ1) is 10.5. The number of urea groups is 1. The molecule has 0 unspecified atom stereocenters. The lowest BCUT2D eigenvalue weighted by atomic mass is 9.93. The number of aromatic nitrogens is 1. The Morgan fingerprint density at radius 3 is 3.05 bits per heavy atom. The van der Waals surface area contributed by atoms with Gasteiger partial charge in [0.2, 0.25) is 0 Å². The van der Waals surface area contributed by atoms with E-state index in [1.165, 1.54) is 4.88 Å². The molecular formula is C15H24N4O2S. The molecule has 7 heteroatoms. The number of nitrogens with one attached hydrogen (secondary N) is 1. The molecule has 0 radical (unpaired) electrons. The van der Waals surface area contributed by atoms with Crippen LogP contribution in [-0.4, -0.2) is 67.3 Å². The van der Waals surface area contributed by atoms with Crippen LogP contribution in [0.15, 0.2) is 5.51 Å². The molecule has 0 bridgehead atoms. The number of hydrogen-bond donors (Lipinski definition) is 1. The van der Waals surface area contributed by atoms with Gasteiger partial charge in [-0.3, -0.25) is 4.90 Å². The second-order valence-corrected chi connectivity index (χ2v) is 7.37. The molecule has 0 spiro atoms. The molecule has 3 atom stereocenters. The Bertz CT molecular complexity index is 533. The summed E-state index contributed by atoms with van der Waals surface area (Å²) in [6, 6.07) is -0.0291. The molecule has 1 N–H and O–H groups in total. The van der Waals surface area contributed by atoms with Crippen LogP contribution < -0.4 is 5.32 Å². The Balaban J connectivity index is 1.52. The van der Waals surface area contributed by atoms with Gasteiger partial charge in [0, 0.05) is 57.0 Å². The summed E-state index contributed by atoms with van der Waals surface area (Å²) in [6.45, 7) is 6.52. The van der Waals surface area contributed by atoms with Crippen LogP contribution in [0.4, 0.5) is 4.79 Å².